The minimum Gasteiger partial charge on any atom is -0.344 e. The smallest absolute Gasteiger partial charge is 0.243 e. The lowest BCUT2D eigenvalue weighted by Gasteiger charge is -2.40. The summed E-state index contributed by atoms with van der Waals surface area (Å²) >= 11 is 5.59. The van der Waals surface area contributed by atoms with Crippen LogP contribution in [0.4, 0.5) is 5.69 Å². The number of rotatable bonds is 3. The molecule has 0 amide bonds. The summed E-state index contributed by atoms with van der Waals surface area (Å²) in [5, 5.41) is 3.99. The number of piperidine rings is 1. The summed E-state index contributed by atoms with van der Waals surface area (Å²) in [6, 6.07) is 7.80. The summed E-state index contributed by atoms with van der Waals surface area (Å²) in [7, 11) is -3.36. The molecule has 2 atom stereocenters. The lowest BCUT2D eigenvalue weighted by atomic mass is 9.98. The van der Waals surface area contributed by atoms with Gasteiger partial charge < -0.3 is 10.2 Å². The average molecular weight is 382 g/mol. The van der Waals surface area contributed by atoms with Gasteiger partial charge in [0, 0.05) is 30.9 Å². The first kappa shape index (κ1) is 18.6. The molecule has 3 rings (SSSR count). The van der Waals surface area contributed by atoms with Crippen LogP contribution in [0.15, 0.2) is 29.2 Å². The number of hydrogen-bond donors (Lipinski definition) is 1. The summed E-state index contributed by atoms with van der Waals surface area (Å²) in [6.45, 7) is 5.65. The zero-order chi connectivity index (χ0) is 18.0. The molecule has 2 fully saturated rings. The second-order valence-corrected chi connectivity index (χ2v) is 9.43. The van der Waals surface area contributed by atoms with E-state index >= 15 is 0 Å². The second kappa shape index (κ2) is 7.60. The van der Waals surface area contributed by atoms with Gasteiger partial charge in [-0.2, -0.15) is 4.31 Å². The molecule has 0 saturated carbocycles. The maximum atomic E-state index is 12.6. The molecule has 0 unspecified atom stereocenters. The van der Waals surface area contributed by atoms with Gasteiger partial charge in [-0.05, 0) is 82.4 Å². The van der Waals surface area contributed by atoms with Crippen LogP contribution in [0.25, 0.3) is 0 Å². The minimum atomic E-state index is -3.36. The molecule has 0 radical (unpaired) electrons. The molecule has 0 aliphatic carbocycles. The Hall–Kier alpha value is -1.18. The standard InChI is InChI=1S/C18H27N3O2S2/c1-14-6-5-7-15(2)21(14)18(24)19-16-8-10-17(11-9-16)25(22,23)20-12-3-4-13-20/h8-11,14-15H,3-7,12-13H2,1-2H3,(H,19,24)/t14-,15+. The van der Waals surface area contributed by atoms with Gasteiger partial charge in [-0.1, -0.05) is 0 Å². The van der Waals surface area contributed by atoms with Crippen molar-refractivity contribution in [2.24, 2.45) is 0 Å². The Balaban J connectivity index is 1.69. The topological polar surface area (TPSA) is 52.7 Å². The average Bonchev–Trinajstić information content (AvgIpc) is 3.10. The SMILES string of the molecule is C[C@@H]1CCC[C@H](C)N1C(=S)Nc1ccc(S(=O)(=O)N2CCCC2)cc1. The Morgan fingerprint density at radius 2 is 1.60 bits per heavy atom. The van der Waals surface area contributed by atoms with Gasteiger partial charge >= 0.3 is 0 Å². The first-order valence-electron chi connectivity index (χ1n) is 9.09. The van der Waals surface area contributed by atoms with E-state index in [9.17, 15) is 8.42 Å². The van der Waals surface area contributed by atoms with Crippen LogP contribution < -0.4 is 5.32 Å². The highest BCUT2D eigenvalue weighted by atomic mass is 32.2. The summed E-state index contributed by atoms with van der Waals surface area (Å²) in [5.74, 6) is 0. The van der Waals surface area contributed by atoms with Crippen LogP contribution in [-0.4, -0.2) is 47.9 Å². The third-order valence-electron chi connectivity index (χ3n) is 5.24. The number of anilines is 1. The van der Waals surface area contributed by atoms with E-state index in [1.165, 1.54) is 6.42 Å². The predicted molar refractivity (Wildman–Crippen MR) is 105 cm³/mol. The van der Waals surface area contributed by atoms with Gasteiger partial charge in [0.05, 0.1) is 4.90 Å². The zero-order valence-electron chi connectivity index (χ0n) is 14.9. The fourth-order valence-corrected chi connectivity index (χ4v) is 5.79. The van der Waals surface area contributed by atoms with E-state index in [0.717, 1.165) is 36.5 Å². The third kappa shape index (κ3) is 3.99. The van der Waals surface area contributed by atoms with Crippen LogP contribution in [0.3, 0.4) is 0 Å². The molecule has 2 saturated heterocycles. The van der Waals surface area contributed by atoms with Gasteiger partial charge in [0.1, 0.15) is 0 Å². The highest BCUT2D eigenvalue weighted by Gasteiger charge is 2.28. The Morgan fingerprint density at radius 1 is 1.04 bits per heavy atom. The maximum absolute atomic E-state index is 12.6. The van der Waals surface area contributed by atoms with Crippen molar-refractivity contribution in [1.82, 2.24) is 9.21 Å². The van der Waals surface area contributed by atoms with Crippen LogP contribution in [0.5, 0.6) is 0 Å². The molecule has 0 spiro atoms. The molecular formula is C18H27N3O2S2. The molecular weight excluding hydrogens is 354 g/mol. The molecule has 25 heavy (non-hydrogen) atoms. The highest BCUT2D eigenvalue weighted by Crippen LogP contribution is 2.25. The predicted octanol–water partition coefficient (Wildman–Crippen LogP) is 3.43. The Bertz CT molecular complexity index is 702. The molecule has 5 nitrogen and oxygen atoms in total. The van der Waals surface area contributed by atoms with E-state index in [-0.39, 0.29) is 0 Å². The number of sulfonamides is 1. The van der Waals surface area contributed by atoms with Gasteiger partial charge in [0.25, 0.3) is 0 Å². The number of hydrogen-bond acceptors (Lipinski definition) is 3. The van der Waals surface area contributed by atoms with Crippen LogP contribution in [-0.2, 0) is 10.0 Å². The fraction of sp³-hybridized carbons (Fsp3) is 0.611. The van der Waals surface area contributed by atoms with Crippen LogP contribution >= 0.6 is 12.2 Å². The van der Waals surface area contributed by atoms with E-state index in [0.29, 0.717) is 30.1 Å². The molecule has 2 heterocycles. The molecule has 138 valence electrons. The largest absolute Gasteiger partial charge is 0.344 e. The van der Waals surface area contributed by atoms with Crippen LogP contribution in [0.1, 0.15) is 46.0 Å². The highest BCUT2D eigenvalue weighted by molar-refractivity contribution is 7.89. The molecule has 1 aromatic carbocycles. The van der Waals surface area contributed by atoms with Crippen LogP contribution in [0, 0.1) is 0 Å². The third-order valence-corrected chi connectivity index (χ3v) is 7.46. The van der Waals surface area contributed by atoms with Gasteiger partial charge in [0.15, 0.2) is 5.11 Å². The van der Waals surface area contributed by atoms with Crippen molar-refractivity contribution < 1.29 is 8.42 Å². The van der Waals surface area contributed by atoms with Crippen molar-refractivity contribution >= 4 is 33.0 Å². The van der Waals surface area contributed by atoms with Crippen LogP contribution in [0.2, 0.25) is 0 Å². The summed E-state index contributed by atoms with van der Waals surface area (Å²) in [5.41, 5.74) is 0.829. The molecule has 0 aromatic heterocycles. The van der Waals surface area contributed by atoms with E-state index in [4.69, 9.17) is 12.2 Å². The number of likely N-dealkylation sites (tertiary alicyclic amines) is 1. The molecule has 2 aliphatic heterocycles. The molecule has 1 N–H and O–H groups in total. The van der Waals surface area contributed by atoms with Gasteiger partial charge in [-0.15, -0.1) is 0 Å². The normalized spacial score (nSPS) is 25.1. The lowest BCUT2D eigenvalue weighted by molar-refractivity contribution is 0.194. The van der Waals surface area contributed by atoms with Gasteiger partial charge in [-0.25, -0.2) is 8.42 Å². The Labute approximate surface area is 156 Å². The van der Waals surface area contributed by atoms with E-state index in [1.807, 2.05) is 0 Å². The van der Waals surface area contributed by atoms with E-state index in [2.05, 4.69) is 24.1 Å². The molecule has 7 heteroatoms. The van der Waals surface area contributed by atoms with Crippen molar-refractivity contribution in [3.8, 4) is 0 Å². The number of nitrogens with one attached hydrogen (secondary N) is 1. The minimum absolute atomic E-state index is 0.352. The van der Waals surface area contributed by atoms with Crippen molar-refractivity contribution in [3.63, 3.8) is 0 Å². The maximum Gasteiger partial charge on any atom is 0.243 e. The zero-order valence-corrected chi connectivity index (χ0v) is 16.6. The van der Waals surface area contributed by atoms with Crippen molar-refractivity contribution in [3.05, 3.63) is 24.3 Å². The summed E-state index contributed by atoms with van der Waals surface area (Å²) < 4.78 is 26.7. The van der Waals surface area contributed by atoms with E-state index in [1.54, 1.807) is 28.6 Å². The Morgan fingerprint density at radius 3 is 2.16 bits per heavy atom. The first-order chi connectivity index (χ1) is 11.9. The summed E-state index contributed by atoms with van der Waals surface area (Å²) in [6.07, 6.45) is 5.43. The molecule has 2 aliphatic rings. The number of nitrogens with zero attached hydrogens (tertiary/aromatic N) is 2. The van der Waals surface area contributed by atoms with E-state index < -0.39 is 10.0 Å². The second-order valence-electron chi connectivity index (χ2n) is 7.10. The monoisotopic (exact) mass is 381 g/mol. The lowest BCUT2D eigenvalue weighted by Crippen LogP contribution is -2.49. The van der Waals surface area contributed by atoms with Crippen molar-refractivity contribution in [2.75, 3.05) is 18.4 Å². The van der Waals surface area contributed by atoms with Gasteiger partial charge in [-0.3, -0.25) is 0 Å². The molecule has 0 bridgehead atoms. The van der Waals surface area contributed by atoms with Crippen molar-refractivity contribution in [2.45, 2.75) is 62.9 Å². The first-order valence-corrected chi connectivity index (χ1v) is 10.9. The van der Waals surface area contributed by atoms with Gasteiger partial charge in [0.2, 0.25) is 10.0 Å². The summed E-state index contributed by atoms with van der Waals surface area (Å²) in [4.78, 5) is 2.61. The Kier molecular flexibility index (Phi) is 5.65. The van der Waals surface area contributed by atoms with Crippen molar-refractivity contribution in [1.29, 1.82) is 0 Å². The fourth-order valence-electron chi connectivity index (χ4n) is 3.80. The quantitative estimate of drug-likeness (QED) is 0.813. The number of thiocarbonyl (C=S) groups is 1. The molecule has 1 aromatic rings. The number of benzene rings is 1.